The van der Waals surface area contributed by atoms with Crippen molar-refractivity contribution in [3.8, 4) is 11.5 Å². The van der Waals surface area contributed by atoms with E-state index < -0.39 is 17.8 Å². The van der Waals surface area contributed by atoms with E-state index in [9.17, 15) is 22.8 Å². The molecule has 2 N–H and O–H groups in total. The van der Waals surface area contributed by atoms with Gasteiger partial charge in [0, 0.05) is 24.9 Å². The van der Waals surface area contributed by atoms with E-state index in [2.05, 4.69) is 15.5 Å². The third-order valence-corrected chi connectivity index (χ3v) is 4.99. The van der Waals surface area contributed by atoms with Crippen LogP contribution >= 0.6 is 0 Å². The third-order valence-electron chi connectivity index (χ3n) is 4.99. The topological polar surface area (TPSA) is 87.3 Å². The number of nitrogens with zero attached hydrogens (tertiary/aromatic N) is 2. The minimum Gasteiger partial charge on any atom is -0.457 e. The standard InChI is InChI=1S/C20H17F3N4O3/c1-27-16(6-7-17(27)28)19(29)25-15-9-14(8-11-10-24-26-18(11)15)30-13-4-2-12(3-5-13)20(21,22)23/h2-5,8-10,16H,6-7H2,1H3,(H,24,26)(H,25,29). The minimum absolute atomic E-state index is 0.0961. The molecule has 1 fully saturated rings. The minimum atomic E-state index is -4.43. The Balaban J connectivity index is 1.58. The Hall–Kier alpha value is -3.56. The average Bonchev–Trinajstić information content (AvgIpc) is 3.28. The van der Waals surface area contributed by atoms with E-state index in [1.807, 2.05) is 0 Å². The Morgan fingerprint density at radius 1 is 1.23 bits per heavy atom. The maximum absolute atomic E-state index is 12.7. The molecule has 0 saturated carbocycles. The molecule has 156 valence electrons. The average molecular weight is 418 g/mol. The van der Waals surface area contributed by atoms with Crippen molar-refractivity contribution in [2.24, 2.45) is 0 Å². The number of aromatic nitrogens is 2. The predicted octanol–water partition coefficient (Wildman–Crippen LogP) is 3.93. The van der Waals surface area contributed by atoms with Crippen molar-refractivity contribution in [1.82, 2.24) is 15.1 Å². The summed E-state index contributed by atoms with van der Waals surface area (Å²) in [6, 6.07) is 6.93. The van der Waals surface area contributed by atoms with Crippen LogP contribution in [0.5, 0.6) is 11.5 Å². The number of aromatic amines is 1. The number of benzene rings is 2. The number of anilines is 1. The Kier molecular flexibility index (Phi) is 4.84. The first-order valence-corrected chi connectivity index (χ1v) is 9.11. The first-order valence-electron chi connectivity index (χ1n) is 9.11. The van der Waals surface area contributed by atoms with Gasteiger partial charge in [-0.3, -0.25) is 14.7 Å². The summed E-state index contributed by atoms with van der Waals surface area (Å²) < 4.78 is 43.9. The summed E-state index contributed by atoms with van der Waals surface area (Å²) in [5.41, 5.74) is 0.183. The number of alkyl halides is 3. The monoisotopic (exact) mass is 418 g/mol. The van der Waals surface area contributed by atoms with Crippen molar-refractivity contribution in [1.29, 1.82) is 0 Å². The van der Waals surface area contributed by atoms with E-state index in [0.717, 1.165) is 12.1 Å². The maximum atomic E-state index is 12.7. The molecule has 1 atom stereocenters. The van der Waals surface area contributed by atoms with Gasteiger partial charge in [-0.15, -0.1) is 0 Å². The summed E-state index contributed by atoms with van der Waals surface area (Å²) in [6.45, 7) is 0. The molecule has 2 aromatic carbocycles. The highest BCUT2D eigenvalue weighted by Gasteiger charge is 2.33. The molecule has 0 radical (unpaired) electrons. The van der Waals surface area contributed by atoms with Gasteiger partial charge in [0.2, 0.25) is 11.8 Å². The van der Waals surface area contributed by atoms with E-state index in [4.69, 9.17) is 4.74 Å². The molecule has 1 aliphatic heterocycles. The number of nitrogens with one attached hydrogen (secondary N) is 2. The molecule has 0 spiro atoms. The number of ether oxygens (including phenoxy) is 1. The normalized spacial score (nSPS) is 16.9. The third kappa shape index (κ3) is 3.80. The van der Waals surface area contributed by atoms with E-state index in [-0.39, 0.29) is 17.6 Å². The Morgan fingerprint density at radius 2 is 1.97 bits per heavy atom. The van der Waals surface area contributed by atoms with Crippen LogP contribution in [0.1, 0.15) is 18.4 Å². The summed E-state index contributed by atoms with van der Waals surface area (Å²) >= 11 is 0. The number of carbonyl (C=O) groups is 2. The number of fused-ring (bicyclic) bond motifs is 1. The van der Waals surface area contributed by atoms with Crippen molar-refractivity contribution in [2.75, 3.05) is 12.4 Å². The smallest absolute Gasteiger partial charge is 0.416 e. The quantitative estimate of drug-likeness (QED) is 0.672. The lowest BCUT2D eigenvalue weighted by atomic mass is 10.1. The Morgan fingerprint density at radius 3 is 2.60 bits per heavy atom. The number of halogens is 3. The van der Waals surface area contributed by atoms with Crippen LogP contribution in [-0.4, -0.2) is 40.0 Å². The molecule has 7 nitrogen and oxygen atoms in total. The van der Waals surface area contributed by atoms with Crippen LogP contribution in [0.2, 0.25) is 0 Å². The number of hydrogen-bond donors (Lipinski definition) is 2. The second kappa shape index (κ2) is 7.36. The van der Waals surface area contributed by atoms with Crippen LogP contribution < -0.4 is 10.1 Å². The van der Waals surface area contributed by atoms with Crippen LogP contribution in [0.15, 0.2) is 42.6 Å². The van der Waals surface area contributed by atoms with E-state index in [1.165, 1.54) is 23.2 Å². The SMILES string of the molecule is CN1C(=O)CCC1C(=O)Nc1cc(Oc2ccc(C(F)(F)F)cc2)cc2cn[nH]c12. The van der Waals surface area contributed by atoms with Gasteiger partial charge in [-0.05, 0) is 36.8 Å². The molecule has 4 rings (SSSR count). The lowest BCUT2D eigenvalue weighted by Crippen LogP contribution is -2.38. The number of likely N-dealkylation sites (tertiary alicyclic amines) is 1. The van der Waals surface area contributed by atoms with Gasteiger partial charge < -0.3 is 15.0 Å². The van der Waals surface area contributed by atoms with Gasteiger partial charge in [0.15, 0.2) is 0 Å². The molecule has 30 heavy (non-hydrogen) atoms. The maximum Gasteiger partial charge on any atom is 0.416 e. The van der Waals surface area contributed by atoms with E-state index in [0.29, 0.717) is 35.2 Å². The van der Waals surface area contributed by atoms with Crippen LogP contribution in [-0.2, 0) is 15.8 Å². The second-order valence-electron chi connectivity index (χ2n) is 6.98. The van der Waals surface area contributed by atoms with Crippen molar-refractivity contribution < 1.29 is 27.5 Å². The van der Waals surface area contributed by atoms with Crippen molar-refractivity contribution in [3.05, 3.63) is 48.2 Å². The fraction of sp³-hybridized carbons (Fsp3) is 0.250. The number of hydrogen-bond acceptors (Lipinski definition) is 4. The summed E-state index contributed by atoms with van der Waals surface area (Å²) in [7, 11) is 1.58. The molecule has 1 unspecified atom stereocenters. The highest BCUT2D eigenvalue weighted by molar-refractivity contribution is 6.04. The molecule has 1 saturated heterocycles. The second-order valence-corrected chi connectivity index (χ2v) is 6.98. The fourth-order valence-electron chi connectivity index (χ4n) is 3.36. The zero-order valence-electron chi connectivity index (χ0n) is 15.8. The van der Waals surface area contributed by atoms with Crippen LogP contribution in [0.3, 0.4) is 0 Å². The van der Waals surface area contributed by atoms with Crippen LogP contribution in [0, 0.1) is 0 Å². The predicted molar refractivity (Wildman–Crippen MR) is 102 cm³/mol. The molecule has 1 aromatic heterocycles. The van der Waals surface area contributed by atoms with Gasteiger partial charge in [-0.2, -0.15) is 18.3 Å². The van der Waals surface area contributed by atoms with Crippen LogP contribution in [0.25, 0.3) is 10.9 Å². The van der Waals surface area contributed by atoms with Crippen molar-refractivity contribution in [3.63, 3.8) is 0 Å². The summed E-state index contributed by atoms with van der Waals surface area (Å²) in [4.78, 5) is 25.8. The molecule has 1 aliphatic rings. The van der Waals surface area contributed by atoms with E-state index >= 15 is 0 Å². The molecule has 0 bridgehead atoms. The molecule has 3 aromatic rings. The number of carbonyl (C=O) groups excluding carboxylic acids is 2. The molecule has 10 heteroatoms. The highest BCUT2D eigenvalue weighted by atomic mass is 19.4. The molecule has 0 aliphatic carbocycles. The van der Waals surface area contributed by atoms with Gasteiger partial charge >= 0.3 is 6.18 Å². The lowest BCUT2D eigenvalue weighted by molar-refractivity contribution is -0.137. The molecular formula is C20H17F3N4O3. The fourth-order valence-corrected chi connectivity index (χ4v) is 3.36. The molecule has 2 heterocycles. The first kappa shape index (κ1) is 19.7. The Labute approximate surface area is 168 Å². The number of rotatable bonds is 4. The van der Waals surface area contributed by atoms with E-state index in [1.54, 1.807) is 19.2 Å². The summed E-state index contributed by atoms with van der Waals surface area (Å²) in [5, 5.41) is 10.2. The van der Waals surface area contributed by atoms with Gasteiger partial charge in [-0.1, -0.05) is 0 Å². The van der Waals surface area contributed by atoms with Crippen molar-refractivity contribution in [2.45, 2.75) is 25.1 Å². The zero-order chi connectivity index (χ0) is 21.5. The van der Waals surface area contributed by atoms with Crippen molar-refractivity contribution >= 4 is 28.4 Å². The summed E-state index contributed by atoms with van der Waals surface area (Å²) in [5.74, 6) is 0.0891. The lowest BCUT2D eigenvalue weighted by Gasteiger charge is -2.19. The zero-order valence-corrected chi connectivity index (χ0v) is 15.8. The van der Waals surface area contributed by atoms with Gasteiger partial charge in [0.25, 0.3) is 0 Å². The number of H-pyrrole nitrogens is 1. The number of likely N-dealkylation sites (N-methyl/N-ethyl adjacent to an activating group) is 1. The molecular weight excluding hydrogens is 401 g/mol. The van der Waals surface area contributed by atoms with Gasteiger partial charge in [0.05, 0.1) is 23.0 Å². The summed E-state index contributed by atoms with van der Waals surface area (Å²) in [6.07, 6.45) is -2.16. The number of amides is 2. The highest BCUT2D eigenvalue weighted by Crippen LogP contribution is 2.34. The van der Waals surface area contributed by atoms with Crippen LogP contribution in [0.4, 0.5) is 18.9 Å². The molecule has 2 amide bonds. The first-order chi connectivity index (χ1) is 14.2. The largest absolute Gasteiger partial charge is 0.457 e. The Bertz CT molecular complexity index is 1110. The van der Waals surface area contributed by atoms with Gasteiger partial charge in [0.1, 0.15) is 17.5 Å². The van der Waals surface area contributed by atoms with Gasteiger partial charge in [-0.25, -0.2) is 0 Å².